The number of hydrogen-bond acceptors (Lipinski definition) is 1. The van der Waals surface area contributed by atoms with Crippen LogP contribution in [0.5, 0.6) is 0 Å². The van der Waals surface area contributed by atoms with Crippen LogP contribution in [0.2, 0.25) is 0 Å². The van der Waals surface area contributed by atoms with E-state index in [1.165, 1.54) is 11.6 Å². The Kier molecular flexibility index (Phi) is 4.15. The van der Waals surface area contributed by atoms with Crippen molar-refractivity contribution in [2.24, 2.45) is 0 Å². The average molecular weight is 345 g/mol. The third-order valence-corrected chi connectivity index (χ3v) is 3.95. The lowest BCUT2D eigenvalue weighted by Crippen LogP contribution is -2.05. The van der Waals surface area contributed by atoms with Gasteiger partial charge in [-0.3, -0.25) is 0 Å². The van der Waals surface area contributed by atoms with Crippen molar-refractivity contribution in [1.82, 2.24) is 9.55 Å². The number of imidazole rings is 1. The van der Waals surface area contributed by atoms with Crippen LogP contribution in [0.4, 0.5) is 4.39 Å². The van der Waals surface area contributed by atoms with Crippen molar-refractivity contribution in [3.05, 3.63) is 88.2 Å². The van der Waals surface area contributed by atoms with Crippen LogP contribution in [0.15, 0.2) is 65.4 Å². The smallest absolute Gasteiger partial charge is 0.137 e. The van der Waals surface area contributed by atoms with Gasteiger partial charge >= 0.3 is 0 Å². The van der Waals surface area contributed by atoms with Gasteiger partial charge in [0, 0.05) is 25.4 Å². The second kappa shape index (κ2) is 6.22. The molecule has 1 aromatic heterocycles. The molecule has 0 bridgehead atoms. The van der Waals surface area contributed by atoms with Gasteiger partial charge in [0.15, 0.2) is 0 Å². The van der Waals surface area contributed by atoms with Crippen LogP contribution in [0.3, 0.4) is 0 Å². The molecular formula is C17H14BrFN2. The number of hydrogen-bond donors (Lipinski definition) is 0. The van der Waals surface area contributed by atoms with E-state index in [2.05, 4.69) is 37.6 Å². The minimum atomic E-state index is -0.242. The van der Waals surface area contributed by atoms with Crippen LogP contribution >= 0.6 is 15.9 Å². The van der Waals surface area contributed by atoms with Crippen LogP contribution in [-0.4, -0.2) is 9.55 Å². The van der Waals surface area contributed by atoms with E-state index in [0.29, 0.717) is 11.0 Å². The van der Waals surface area contributed by atoms with E-state index < -0.39 is 0 Å². The van der Waals surface area contributed by atoms with Crippen molar-refractivity contribution in [2.45, 2.75) is 13.0 Å². The quantitative estimate of drug-likeness (QED) is 0.684. The molecule has 3 aromatic rings. The number of halogens is 2. The number of nitrogens with zero attached hydrogens (tertiary/aromatic N) is 2. The molecule has 2 aromatic carbocycles. The monoisotopic (exact) mass is 344 g/mol. The molecule has 3 rings (SSSR count). The molecule has 4 heteroatoms. The summed E-state index contributed by atoms with van der Waals surface area (Å²) in [4.78, 5) is 4.42. The van der Waals surface area contributed by atoms with Crippen molar-refractivity contribution in [3.63, 3.8) is 0 Å². The van der Waals surface area contributed by atoms with Gasteiger partial charge in [-0.05, 0) is 39.2 Å². The Labute approximate surface area is 131 Å². The summed E-state index contributed by atoms with van der Waals surface area (Å²) < 4.78 is 15.9. The fourth-order valence-electron chi connectivity index (χ4n) is 2.26. The Hall–Kier alpha value is -1.94. The predicted molar refractivity (Wildman–Crippen MR) is 84.7 cm³/mol. The molecule has 0 unspecified atom stereocenters. The lowest BCUT2D eigenvalue weighted by atomic mass is 10.1. The van der Waals surface area contributed by atoms with Crippen LogP contribution in [0, 0.1) is 5.82 Å². The molecule has 0 saturated carbocycles. The zero-order valence-corrected chi connectivity index (χ0v) is 12.9. The topological polar surface area (TPSA) is 17.8 Å². The summed E-state index contributed by atoms with van der Waals surface area (Å²) in [6, 6.07) is 15.3. The Bertz CT molecular complexity index is 738. The van der Waals surface area contributed by atoms with Crippen molar-refractivity contribution in [1.29, 1.82) is 0 Å². The first kappa shape index (κ1) is 14.0. The zero-order chi connectivity index (χ0) is 14.7. The van der Waals surface area contributed by atoms with Crippen molar-refractivity contribution >= 4 is 15.9 Å². The van der Waals surface area contributed by atoms with Gasteiger partial charge in [0.05, 0.1) is 4.47 Å². The minimum absolute atomic E-state index is 0.242. The first-order chi connectivity index (χ1) is 10.2. The van der Waals surface area contributed by atoms with Crippen LogP contribution < -0.4 is 0 Å². The third kappa shape index (κ3) is 3.39. The molecule has 0 saturated heterocycles. The van der Waals surface area contributed by atoms with Gasteiger partial charge in [0.2, 0.25) is 0 Å². The van der Waals surface area contributed by atoms with Gasteiger partial charge in [-0.25, -0.2) is 9.37 Å². The second-order valence-electron chi connectivity index (χ2n) is 4.88. The van der Waals surface area contributed by atoms with Gasteiger partial charge in [-0.2, -0.15) is 0 Å². The normalized spacial score (nSPS) is 10.8. The summed E-state index contributed by atoms with van der Waals surface area (Å²) in [5.41, 5.74) is 2.26. The number of rotatable bonds is 4. The fourth-order valence-corrected chi connectivity index (χ4v) is 2.69. The molecule has 0 fully saturated rings. The first-order valence-electron chi connectivity index (χ1n) is 6.70. The summed E-state index contributed by atoms with van der Waals surface area (Å²) in [5, 5.41) is 0. The van der Waals surface area contributed by atoms with Crippen molar-refractivity contribution in [3.8, 4) is 0 Å². The standard InChI is InChI=1S/C17H14BrFN2/c18-15-10-14(6-7-16(15)19)12-21-9-8-20-17(21)11-13-4-2-1-3-5-13/h1-10H,11-12H2. The maximum absolute atomic E-state index is 13.3. The van der Waals surface area contributed by atoms with E-state index in [1.54, 1.807) is 12.3 Å². The van der Waals surface area contributed by atoms with Gasteiger partial charge in [-0.15, -0.1) is 0 Å². The summed E-state index contributed by atoms with van der Waals surface area (Å²) in [6.07, 6.45) is 4.54. The summed E-state index contributed by atoms with van der Waals surface area (Å²) in [7, 11) is 0. The van der Waals surface area contributed by atoms with Crippen LogP contribution in [0.25, 0.3) is 0 Å². The molecule has 2 nitrogen and oxygen atoms in total. The maximum Gasteiger partial charge on any atom is 0.137 e. The van der Waals surface area contributed by atoms with Gasteiger partial charge in [0.1, 0.15) is 11.6 Å². The highest BCUT2D eigenvalue weighted by Gasteiger charge is 2.06. The summed E-state index contributed by atoms with van der Waals surface area (Å²) in [5.74, 6) is 0.760. The summed E-state index contributed by atoms with van der Waals surface area (Å²) in [6.45, 7) is 0.682. The molecule has 0 atom stereocenters. The highest BCUT2D eigenvalue weighted by atomic mass is 79.9. The highest BCUT2D eigenvalue weighted by Crippen LogP contribution is 2.18. The third-order valence-electron chi connectivity index (χ3n) is 3.34. The van der Waals surface area contributed by atoms with E-state index in [0.717, 1.165) is 17.8 Å². The fraction of sp³-hybridized carbons (Fsp3) is 0.118. The molecule has 0 aliphatic carbocycles. The number of aromatic nitrogens is 2. The average Bonchev–Trinajstić information content (AvgIpc) is 2.91. The molecule has 0 amide bonds. The van der Waals surface area contributed by atoms with E-state index in [-0.39, 0.29) is 5.82 Å². The Morgan fingerprint density at radius 3 is 2.62 bits per heavy atom. The van der Waals surface area contributed by atoms with Gasteiger partial charge in [-0.1, -0.05) is 36.4 Å². The first-order valence-corrected chi connectivity index (χ1v) is 7.49. The Morgan fingerprint density at radius 2 is 1.86 bits per heavy atom. The Balaban J connectivity index is 1.80. The van der Waals surface area contributed by atoms with Gasteiger partial charge in [0.25, 0.3) is 0 Å². The van der Waals surface area contributed by atoms with Crippen molar-refractivity contribution in [2.75, 3.05) is 0 Å². The molecule has 0 aliphatic rings. The largest absolute Gasteiger partial charge is 0.330 e. The molecule has 0 radical (unpaired) electrons. The van der Waals surface area contributed by atoms with Gasteiger partial charge < -0.3 is 4.57 Å². The molecule has 106 valence electrons. The molecule has 1 heterocycles. The molecule has 21 heavy (non-hydrogen) atoms. The minimum Gasteiger partial charge on any atom is -0.330 e. The van der Waals surface area contributed by atoms with Crippen molar-refractivity contribution < 1.29 is 4.39 Å². The van der Waals surface area contributed by atoms with E-state index >= 15 is 0 Å². The van der Waals surface area contributed by atoms with Crippen LogP contribution in [0.1, 0.15) is 17.0 Å². The summed E-state index contributed by atoms with van der Waals surface area (Å²) >= 11 is 3.22. The van der Waals surface area contributed by atoms with E-state index in [4.69, 9.17) is 0 Å². The second-order valence-corrected chi connectivity index (χ2v) is 5.74. The number of benzene rings is 2. The molecule has 0 aliphatic heterocycles. The lowest BCUT2D eigenvalue weighted by Gasteiger charge is -2.09. The zero-order valence-electron chi connectivity index (χ0n) is 11.3. The molecule has 0 N–H and O–H groups in total. The maximum atomic E-state index is 13.3. The van der Waals surface area contributed by atoms with E-state index in [9.17, 15) is 4.39 Å². The SMILES string of the molecule is Fc1ccc(Cn2ccnc2Cc2ccccc2)cc1Br. The Morgan fingerprint density at radius 1 is 1.05 bits per heavy atom. The predicted octanol–water partition coefficient (Wildman–Crippen LogP) is 4.42. The van der Waals surface area contributed by atoms with Crippen LogP contribution in [-0.2, 0) is 13.0 Å². The molecule has 0 spiro atoms. The lowest BCUT2D eigenvalue weighted by molar-refractivity contribution is 0.619. The van der Waals surface area contributed by atoms with E-state index in [1.807, 2.05) is 30.5 Å². The molecular weight excluding hydrogens is 331 g/mol. The highest BCUT2D eigenvalue weighted by molar-refractivity contribution is 9.10.